The van der Waals surface area contributed by atoms with Gasteiger partial charge in [0, 0.05) is 12.2 Å². The van der Waals surface area contributed by atoms with E-state index in [9.17, 15) is 23.1 Å². The molecule has 0 bridgehead atoms. The molecule has 2 amide bonds. The SMILES string of the molecule is NC(=O)c1cc(S(=O)(=O)Nc2ccc(CCCNC(=O)Oc3nc(N)n4nc(-c5ccco5)nc4n3)cc2)cc(Cl)c1O. The van der Waals surface area contributed by atoms with Crippen molar-refractivity contribution in [3.05, 3.63) is 70.9 Å². The van der Waals surface area contributed by atoms with Crippen LogP contribution < -0.4 is 26.2 Å². The molecule has 0 aliphatic heterocycles. The van der Waals surface area contributed by atoms with Crippen LogP contribution in [0.4, 0.5) is 16.4 Å². The van der Waals surface area contributed by atoms with Crippen molar-refractivity contribution < 1.29 is 32.3 Å². The third kappa shape index (κ3) is 6.57. The number of ether oxygens (including phenoxy) is 1. The van der Waals surface area contributed by atoms with Gasteiger partial charge in [0.2, 0.25) is 11.8 Å². The minimum Gasteiger partial charge on any atom is -0.506 e. The third-order valence-corrected chi connectivity index (χ3v) is 7.52. The van der Waals surface area contributed by atoms with Crippen LogP contribution in [0.3, 0.4) is 0 Å². The molecule has 0 atom stereocenters. The number of sulfonamides is 1. The molecule has 0 spiro atoms. The molecule has 0 fully saturated rings. The molecule has 2 aromatic carbocycles. The number of nitrogens with one attached hydrogen (secondary N) is 2. The van der Waals surface area contributed by atoms with E-state index >= 15 is 0 Å². The number of aromatic hydroxyl groups is 1. The zero-order valence-corrected chi connectivity index (χ0v) is 23.5. The van der Waals surface area contributed by atoms with Crippen molar-refractivity contribution in [1.29, 1.82) is 0 Å². The molecule has 0 unspecified atom stereocenters. The lowest BCUT2D eigenvalue weighted by molar-refractivity contribution is 0.0997. The van der Waals surface area contributed by atoms with Gasteiger partial charge in [-0.15, -0.1) is 5.10 Å². The van der Waals surface area contributed by atoms with Gasteiger partial charge in [-0.3, -0.25) is 9.52 Å². The summed E-state index contributed by atoms with van der Waals surface area (Å²) in [6.07, 6.45) is 1.75. The van der Waals surface area contributed by atoms with Crippen LogP contribution in [0.15, 0.2) is 64.1 Å². The lowest BCUT2D eigenvalue weighted by Gasteiger charge is -2.11. The number of carbonyl (C=O) groups excluding carboxylic acids is 2. The topological polar surface area (TPSA) is 243 Å². The Bertz CT molecular complexity index is 1930. The Labute approximate surface area is 247 Å². The van der Waals surface area contributed by atoms with Crippen molar-refractivity contribution in [1.82, 2.24) is 29.9 Å². The number of amides is 2. The summed E-state index contributed by atoms with van der Waals surface area (Å²) in [5.74, 6) is -1.03. The highest BCUT2D eigenvalue weighted by molar-refractivity contribution is 7.92. The molecular formula is C25H22ClN9O7S. The maximum atomic E-state index is 12.8. The van der Waals surface area contributed by atoms with Crippen molar-refractivity contribution in [2.75, 3.05) is 17.0 Å². The average Bonchev–Trinajstić information content (AvgIpc) is 3.64. The lowest BCUT2D eigenvalue weighted by atomic mass is 10.1. The van der Waals surface area contributed by atoms with Gasteiger partial charge in [-0.25, -0.2) is 13.2 Å². The molecule has 0 saturated heterocycles. The predicted octanol–water partition coefficient (Wildman–Crippen LogP) is 2.34. The molecule has 5 rings (SSSR count). The molecule has 3 heterocycles. The van der Waals surface area contributed by atoms with Crippen molar-refractivity contribution in [2.45, 2.75) is 17.7 Å². The van der Waals surface area contributed by atoms with Crippen molar-refractivity contribution in [3.8, 4) is 23.3 Å². The van der Waals surface area contributed by atoms with Crippen LogP contribution in [0.5, 0.6) is 11.8 Å². The van der Waals surface area contributed by atoms with Crippen LogP contribution in [-0.4, -0.2) is 56.6 Å². The summed E-state index contributed by atoms with van der Waals surface area (Å²) in [6.45, 7) is 0.252. The minimum atomic E-state index is -4.15. The van der Waals surface area contributed by atoms with Gasteiger partial charge in [-0.2, -0.15) is 19.5 Å². The van der Waals surface area contributed by atoms with E-state index in [1.807, 2.05) is 0 Å². The Morgan fingerprint density at radius 3 is 2.58 bits per heavy atom. The maximum Gasteiger partial charge on any atom is 0.415 e. The van der Waals surface area contributed by atoms with Crippen LogP contribution in [-0.2, 0) is 16.4 Å². The molecule has 43 heavy (non-hydrogen) atoms. The second kappa shape index (κ2) is 11.8. The van der Waals surface area contributed by atoms with Crippen molar-refractivity contribution in [2.24, 2.45) is 5.73 Å². The van der Waals surface area contributed by atoms with E-state index in [0.717, 1.165) is 17.7 Å². The zero-order chi connectivity index (χ0) is 30.7. The fourth-order valence-electron chi connectivity index (χ4n) is 3.81. The quantitative estimate of drug-likeness (QED) is 0.140. The number of nitrogens with zero attached hydrogens (tertiary/aromatic N) is 5. The van der Waals surface area contributed by atoms with Gasteiger partial charge in [-0.05, 0) is 54.8 Å². The van der Waals surface area contributed by atoms with E-state index in [1.165, 1.54) is 10.8 Å². The van der Waals surface area contributed by atoms with Gasteiger partial charge in [0.15, 0.2) is 5.76 Å². The van der Waals surface area contributed by atoms with Gasteiger partial charge < -0.3 is 31.0 Å². The molecule has 16 nitrogen and oxygen atoms in total. The first-order valence-electron chi connectivity index (χ1n) is 12.3. The van der Waals surface area contributed by atoms with Gasteiger partial charge >= 0.3 is 12.1 Å². The summed E-state index contributed by atoms with van der Waals surface area (Å²) in [7, 11) is -4.15. The fraction of sp³-hybridized carbons (Fsp3) is 0.120. The Hall–Kier alpha value is -5.42. The number of aromatic nitrogens is 5. The summed E-state index contributed by atoms with van der Waals surface area (Å²) in [6, 6.07) is 11.5. The number of phenols is 1. The normalized spacial score (nSPS) is 11.4. The summed E-state index contributed by atoms with van der Waals surface area (Å²) in [5.41, 5.74) is 11.8. The lowest BCUT2D eigenvalue weighted by Crippen LogP contribution is -2.28. The van der Waals surface area contributed by atoms with E-state index in [2.05, 4.69) is 30.1 Å². The molecule has 18 heteroatoms. The Balaban J connectivity index is 1.12. The number of benzene rings is 2. The monoisotopic (exact) mass is 627 g/mol. The number of hydrogen-bond acceptors (Lipinski definition) is 12. The molecule has 0 saturated carbocycles. The standard InChI is InChI=1S/C25H22ClN9O7S/c26-17-12-15(11-16(19(17)36)20(27)37)43(39,40)34-14-7-5-13(6-8-14)3-1-9-29-25(38)42-24-31-22(28)35-23(32-24)30-21(33-35)18-4-2-10-41-18/h2,4-8,10-12,34,36H,1,3,9H2,(H2,27,37)(H,29,38)(H2,28,30,31,32,33). The molecule has 0 aliphatic rings. The van der Waals surface area contributed by atoms with Gasteiger partial charge in [0.25, 0.3) is 21.7 Å². The zero-order valence-electron chi connectivity index (χ0n) is 21.9. The number of primary amides is 1. The van der Waals surface area contributed by atoms with Crippen LogP contribution in [0.2, 0.25) is 5.02 Å². The van der Waals surface area contributed by atoms with Gasteiger partial charge in [-0.1, -0.05) is 23.7 Å². The highest BCUT2D eigenvalue weighted by atomic mass is 35.5. The smallest absolute Gasteiger partial charge is 0.415 e. The first-order valence-corrected chi connectivity index (χ1v) is 14.2. The van der Waals surface area contributed by atoms with E-state index in [4.69, 9.17) is 32.2 Å². The first-order chi connectivity index (χ1) is 20.5. The van der Waals surface area contributed by atoms with Crippen molar-refractivity contribution >= 4 is 51.0 Å². The van der Waals surface area contributed by atoms with Crippen LogP contribution in [0.1, 0.15) is 22.3 Å². The second-order valence-electron chi connectivity index (χ2n) is 8.88. The van der Waals surface area contributed by atoms with E-state index in [1.54, 1.807) is 36.4 Å². The number of anilines is 2. The van der Waals surface area contributed by atoms with E-state index in [0.29, 0.717) is 18.6 Å². The number of hydrogen-bond donors (Lipinski definition) is 5. The van der Waals surface area contributed by atoms with Crippen LogP contribution >= 0.6 is 11.6 Å². The Morgan fingerprint density at radius 2 is 1.88 bits per heavy atom. The summed E-state index contributed by atoms with van der Waals surface area (Å²) < 4.78 is 39.5. The number of fused-ring (bicyclic) bond motifs is 1. The number of furan rings is 1. The highest BCUT2D eigenvalue weighted by Gasteiger charge is 2.21. The summed E-state index contributed by atoms with van der Waals surface area (Å²) in [4.78, 5) is 35.5. The Morgan fingerprint density at radius 1 is 1.12 bits per heavy atom. The first kappa shape index (κ1) is 29.1. The molecule has 0 radical (unpaired) electrons. The highest BCUT2D eigenvalue weighted by Crippen LogP contribution is 2.31. The molecular weight excluding hydrogens is 606 g/mol. The third-order valence-electron chi connectivity index (χ3n) is 5.87. The van der Waals surface area contributed by atoms with Crippen LogP contribution in [0, 0.1) is 0 Å². The maximum absolute atomic E-state index is 12.8. The summed E-state index contributed by atoms with van der Waals surface area (Å²) >= 11 is 5.85. The number of carbonyl (C=O) groups is 2. The molecule has 0 aliphatic carbocycles. The van der Waals surface area contributed by atoms with E-state index in [-0.39, 0.29) is 45.7 Å². The molecule has 5 aromatic rings. The van der Waals surface area contributed by atoms with Crippen molar-refractivity contribution in [3.63, 3.8) is 0 Å². The Kier molecular flexibility index (Phi) is 8.00. The number of halogens is 1. The van der Waals surface area contributed by atoms with Gasteiger partial charge in [0.05, 0.1) is 21.7 Å². The largest absolute Gasteiger partial charge is 0.506 e. The number of nitrogens with two attached hydrogens (primary N) is 2. The number of rotatable bonds is 10. The number of aryl methyl sites for hydroxylation is 1. The molecule has 222 valence electrons. The van der Waals surface area contributed by atoms with E-state index < -0.39 is 33.3 Å². The van der Waals surface area contributed by atoms with Gasteiger partial charge in [0.1, 0.15) is 5.75 Å². The number of nitrogen functional groups attached to an aromatic ring is 1. The average molecular weight is 628 g/mol. The summed E-state index contributed by atoms with van der Waals surface area (Å²) in [5, 5.41) is 16.2. The minimum absolute atomic E-state index is 0.0645. The predicted molar refractivity (Wildman–Crippen MR) is 152 cm³/mol. The fourth-order valence-corrected chi connectivity index (χ4v) is 5.21. The molecule has 7 N–H and O–H groups in total. The van der Waals surface area contributed by atoms with Crippen LogP contribution in [0.25, 0.3) is 17.4 Å². The second-order valence-corrected chi connectivity index (χ2v) is 11.0. The molecule has 3 aromatic heterocycles.